The van der Waals surface area contributed by atoms with Gasteiger partial charge in [0.25, 0.3) is 5.91 Å². The summed E-state index contributed by atoms with van der Waals surface area (Å²) in [4.78, 5) is 13.9. The molecule has 0 unspecified atom stereocenters. The normalized spacial score (nSPS) is 16.2. The van der Waals surface area contributed by atoms with Gasteiger partial charge in [-0.2, -0.15) is 5.10 Å². The van der Waals surface area contributed by atoms with Crippen molar-refractivity contribution in [3.8, 4) is 11.5 Å². The van der Waals surface area contributed by atoms with Gasteiger partial charge in [-0.15, -0.1) is 0 Å². The largest absolute Gasteiger partial charge is 0.494 e. The molecule has 2 N–H and O–H groups in total. The number of benzene rings is 2. The molecule has 1 aliphatic heterocycles. The molecule has 0 spiro atoms. The molecule has 29 heavy (non-hydrogen) atoms. The summed E-state index contributed by atoms with van der Waals surface area (Å²) in [5.74, 6) is 1.43. The Balaban J connectivity index is 1.47. The number of rotatable bonds is 8. The Labute approximate surface area is 172 Å². The van der Waals surface area contributed by atoms with Crippen LogP contribution in [0.1, 0.15) is 42.6 Å². The molecule has 3 rings (SSSR count). The molecule has 0 saturated carbocycles. The van der Waals surface area contributed by atoms with Gasteiger partial charge in [0, 0.05) is 24.1 Å². The van der Waals surface area contributed by atoms with Gasteiger partial charge < -0.3 is 14.4 Å². The van der Waals surface area contributed by atoms with E-state index in [9.17, 15) is 4.79 Å². The molecule has 6 nitrogen and oxygen atoms in total. The lowest BCUT2D eigenvalue weighted by atomic mass is 10.1. The van der Waals surface area contributed by atoms with Crippen LogP contribution >= 0.6 is 0 Å². The molecule has 6 heteroatoms. The SMILES string of the molecule is CCOc1ccc(OCc2ccc(C(=O)NN=C3CC[NH+](CC)CC3)cc2)cc1. The van der Waals surface area contributed by atoms with Crippen LogP contribution in [-0.2, 0) is 6.61 Å². The Hall–Kier alpha value is -2.86. The third-order valence-corrected chi connectivity index (χ3v) is 5.11. The molecule has 0 aliphatic carbocycles. The number of ether oxygens (including phenoxy) is 2. The third-order valence-electron chi connectivity index (χ3n) is 5.11. The zero-order valence-electron chi connectivity index (χ0n) is 17.2. The lowest BCUT2D eigenvalue weighted by Gasteiger charge is -2.23. The summed E-state index contributed by atoms with van der Waals surface area (Å²) in [6.07, 6.45) is 1.90. The number of nitrogens with zero attached hydrogens (tertiary/aromatic N) is 1. The Morgan fingerprint density at radius 1 is 0.966 bits per heavy atom. The van der Waals surface area contributed by atoms with Gasteiger partial charge in [0.05, 0.1) is 26.2 Å². The van der Waals surface area contributed by atoms with Crippen LogP contribution in [0.3, 0.4) is 0 Å². The summed E-state index contributed by atoms with van der Waals surface area (Å²) in [7, 11) is 0. The van der Waals surface area contributed by atoms with E-state index < -0.39 is 0 Å². The predicted molar refractivity (Wildman–Crippen MR) is 114 cm³/mol. The summed E-state index contributed by atoms with van der Waals surface area (Å²) in [6, 6.07) is 15.0. The molecular formula is C23H30N3O3+. The minimum absolute atomic E-state index is 0.179. The minimum atomic E-state index is -0.179. The van der Waals surface area contributed by atoms with E-state index in [1.54, 1.807) is 17.0 Å². The number of hydrogen-bond donors (Lipinski definition) is 2. The van der Waals surface area contributed by atoms with E-state index >= 15 is 0 Å². The zero-order chi connectivity index (χ0) is 20.5. The second-order valence-corrected chi connectivity index (χ2v) is 7.11. The first-order valence-corrected chi connectivity index (χ1v) is 10.3. The molecule has 1 heterocycles. The lowest BCUT2D eigenvalue weighted by Crippen LogP contribution is -3.12. The summed E-state index contributed by atoms with van der Waals surface area (Å²) in [5.41, 5.74) is 5.36. The molecule has 1 fully saturated rings. The van der Waals surface area contributed by atoms with Crippen molar-refractivity contribution in [2.45, 2.75) is 33.3 Å². The van der Waals surface area contributed by atoms with Crippen LogP contribution in [0.15, 0.2) is 53.6 Å². The third kappa shape index (κ3) is 6.32. The predicted octanol–water partition coefficient (Wildman–Crippen LogP) is 2.45. The average molecular weight is 397 g/mol. The van der Waals surface area contributed by atoms with Crippen molar-refractivity contribution < 1.29 is 19.2 Å². The number of quaternary nitrogens is 1. The maximum Gasteiger partial charge on any atom is 0.271 e. The molecule has 1 aliphatic rings. The van der Waals surface area contributed by atoms with Gasteiger partial charge in [-0.1, -0.05) is 12.1 Å². The van der Waals surface area contributed by atoms with Gasteiger partial charge in [-0.05, 0) is 55.8 Å². The second kappa shape index (κ2) is 10.6. The quantitative estimate of drug-likeness (QED) is 0.674. The van der Waals surface area contributed by atoms with E-state index in [1.165, 1.54) is 0 Å². The van der Waals surface area contributed by atoms with Gasteiger partial charge in [0.15, 0.2) is 0 Å². The molecule has 0 bridgehead atoms. The molecular weight excluding hydrogens is 366 g/mol. The molecule has 2 aromatic rings. The van der Waals surface area contributed by atoms with Crippen LogP contribution in [0.25, 0.3) is 0 Å². The number of nitrogens with one attached hydrogen (secondary N) is 2. The van der Waals surface area contributed by atoms with Crippen LogP contribution in [0, 0.1) is 0 Å². The summed E-state index contributed by atoms with van der Waals surface area (Å²) in [6.45, 7) is 8.57. The van der Waals surface area contributed by atoms with Gasteiger partial charge in [0.2, 0.25) is 0 Å². The number of carbonyl (C=O) groups is 1. The van der Waals surface area contributed by atoms with Crippen molar-refractivity contribution >= 4 is 11.6 Å². The maximum atomic E-state index is 12.3. The highest BCUT2D eigenvalue weighted by Crippen LogP contribution is 2.18. The van der Waals surface area contributed by atoms with E-state index in [2.05, 4.69) is 17.5 Å². The highest BCUT2D eigenvalue weighted by Gasteiger charge is 2.16. The molecule has 0 radical (unpaired) electrons. The number of amides is 1. The van der Waals surface area contributed by atoms with E-state index in [-0.39, 0.29) is 5.91 Å². The van der Waals surface area contributed by atoms with Crippen molar-refractivity contribution in [3.63, 3.8) is 0 Å². The van der Waals surface area contributed by atoms with E-state index in [0.29, 0.717) is 18.8 Å². The summed E-state index contributed by atoms with van der Waals surface area (Å²) in [5, 5.41) is 4.32. The number of piperidine rings is 1. The number of likely N-dealkylation sites (tertiary alicyclic amines) is 1. The van der Waals surface area contributed by atoms with Crippen molar-refractivity contribution in [2.75, 3.05) is 26.2 Å². The highest BCUT2D eigenvalue weighted by atomic mass is 16.5. The van der Waals surface area contributed by atoms with Gasteiger partial charge in [-0.25, -0.2) is 5.43 Å². The fourth-order valence-electron chi connectivity index (χ4n) is 3.27. The molecule has 0 atom stereocenters. The fourth-order valence-corrected chi connectivity index (χ4v) is 3.27. The number of carbonyl (C=O) groups excluding carboxylic acids is 1. The topological polar surface area (TPSA) is 64.4 Å². The molecule has 1 amide bonds. The smallest absolute Gasteiger partial charge is 0.271 e. The van der Waals surface area contributed by atoms with Crippen molar-refractivity contribution in [3.05, 3.63) is 59.7 Å². The molecule has 0 aromatic heterocycles. The van der Waals surface area contributed by atoms with Crippen LogP contribution in [0.2, 0.25) is 0 Å². The van der Waals surface area contributed by atoms with Crippen LogP contribution in [-0.4, -0.2) is 37.9 Å². The lowest BCUT2D eigenvalue weighted by molar-refractivity contribution is -0.899. The second-order valence-electron chi connectivity index (χ2n) is 7.11. The first-order valence-electron chi connectivity index (χ1n) is 10.3. The summed E-state index contributed by atoms with van der Waals surface area (Å²) >= 11 is 0. The minimum Gasteiger partial charge on any atom is -0.494 e. The number of hydrogen-bond acceptors (Lipinski definition) is 4. The average Bonchev–Trinajstić information content (AvgIpc) is 2.78. The van der Waals surface area contributed by atoms with E-state index in [1.807, 2.05) is 43.3 Å². The van der Waals surface area contributed by atoms with Gasteiger partial charge >= 0.3 is 0 Å². The van der Waals surface area contributed by atoms with Gasteiger partial charge in [0.1, 0.15) is 18.1 Å². The van der Waals surface area contributed by atoms with Crippen LogP contribution in [0.4, 0.5) is 0 Å². The first-order chi connectivity index (χ1) is 14.2. The monoisotopic (exact) mass is 396 g/mol. The van der Waals surface area contributed by atoms with Crippen molar-refractivity contribution in [2.24, 2.45) is 5.10 Å². The Morgan fingerprint density at radius 2 is 1.59 bits per heavy atom. The van der Waals surface area contributed by atoms with Gasteiger partial charge in [-0.3, -0.25) is 4.79 Å². The standard InChI is InChI=1S/C23H29N3O3/c1-3-26-15-13-20(14-16-26)24-25-23(27)19-7-5-18(6-8-19)17-29-22-11-9-21(10-12-22)28-4-2/h5-12H,3-4,13-17H2,1-2H3,(H,25,27)/p+1. The van der Waals surface area contributed by atoms with Crippen molar-refractivity contribution in [1.29, 1.82) is 0 Å². The molecule has 154 valence electrons. The maximum absolute atomic E-state index is 12.3. The molecule has 2 aromatic carbocycles. The Morgan fingerprint density at radius 3 is 2.17 bits per heavy atom. The van der Waals surface area contributed by atoms with E-state index in [4.69, 9.17) is 9.47 Å². The fraction of sp³-hybridized carbons (Fsp3) is 0.391. The van der Waals surface area contributed by atoms with Crippen molar-refractivity contribution in [1.82, 2.24) is 5.43 Å². The number of hydrazone groups is 1. The Kier molecular flexibility index (Phi) is 7.64. The summed E-state index contributed by atoms with van der Waals surface area (Å²) < 4.78 is 11.2. The first kappa shape index (κ1) is 20.9. The highest BCUT2D eigenvalue weighted by molar-refractivity contribution is 5.95. The zero-order valence-corrected chi connectivity index (χ0v) is 17.2. The van der Waals surface area contributed by atoms with Crippen LogP contribution < -0.4 is 19.8 Å². The molecule has 1 saturated heterocycles. The van der Waals surface area contributed by atoms with E-state index in [0.717, 1.165) is 55.3 Å². The van der Waals surface area contributed by atoms with Crippen LogP contribution in [0.5, 0.6) is 11.5 Å². The Bertz CT molecular complexity index is 806.